The number of nitrogens with one attached hydrogen (secondary N) is 1. The Balaban J connectivity index is 1.40. The number of aryl methyl sites for hydroxylation is 2. The van der Waals surface area contributed by atoms with Crippen LogP contribution in [0.3, 0.4) is 0 Å². The lowest BCUT2D eigenvalue weighted by Crippen LogP contribution is -2.39. The van der Waals surface area contributed by atoms with Crippen molar-refractivity contribution in [3.05, 3.63) is 106 Å². The summed E-state index contributed by atoms with van der Waals surface area (Å²) in [5.74, 6) is -0.609. The summed E-state index contributed by atoms with van der Waals surface area (Å²) >= 11 is 12.2. The van der Waals surface area contributed by atoms with E-state index in [9.17, 15) is 13.2 Å². The van der Waals surface area contributed by atoms with Gasteiger partial charge in [0.1, 0.15) is 6.54 Å². The molecule has 9 heteroatoms. The highest BCUT2D eigenvalue weighted by molar-refractivity contribution is 7.92. The first-order valence-corrected chi connectivity index (χ1v) is 13.4. The predicted molar refractivity (Wildman–Crippen MR) is 145 cm³/mol. The maximum absolute atomic E-state index is 13.4. The number of anilines is 1. The van der Waals surface area contributed by atoms with Gasteiger partial charge in [0.05, 0.1) is 26.8 Å². The molecule has 0 heterocycles. The van der Waals surface area contributed by atoms with Crippen LogP contribution in [-0.4, -0.2) is 27.1 Å². The molecule has 0 bridgehead atoms. The molecule has 0 atom stereocenters. The van der Waals surface area contributed by atoms with E-state index in [-0.39, 0.29) is 20.6 Å². The number of rotatable bonds is 7. The smallest absolute Gasteiger partial charge is 0.264 e. The fraction of sp³-hybridized carbons (Fsp3) is 0.111. The van der Waals surface area contributed by atoms with Crippen LogP contribution >= 0.6 is 23.2 Å². The Bertz CT molecular complexity index is 1600. The topological polar surface area (TPSA) is 78.8 Å². The Morgan fingerprint density at radius 3 is 2.42 bits per heavy atom. The Kier molecular flexibility index (Phi) is 6.71. The molecule has 0 spiro atoms. The Morgan fingerprint density at radius 1 is 0.917 bits per heavy atom. The largest absolute Gasteiger partial charge is 0.271 e. The zero-order valence-electron chi connectivity index (χ0n) is 19.0. The second-order valence-corrected chi connectivity index (χ2v) is 11.0. The zero-order chi connectivity index (χ0) is 25.3. The van der Waals surface area contributed by atoms with Crippen LogP contribution in [0.5, 0.6) is 0 Å². The summed E-state index contributed by atoms with van der Waals surface area (Å²) in [5, 5.41) is 6.88. The maximum Gasteiger partial charge on any atom is 0.264 e. The summed E-state index contributed by atoms with van der Waals surface area (Å²) in [4.78, 5) is 12.9. The number of hydrogen-bond donors (Lipinski definition) is 1. The predicted octanol–water partition coefficient (Wildman–Crippen LogP) is 5.59. The number of carbonyl (C=O) groups is 1. The molecule has 0 aromatic heterocycles. The monoisotopic (exact) mass is 537 g/mol. The Labute approximate surface area is 219 Å². The lowest BCUT2D eigenvalue weighted by atomic mass is 10.0. The number of carbonyl (C=O) groups excluding carboxylic acids is 1. The minimum Gasteiger partial charge on any atom is -0.271 e. The Morgan fingerprint density at radius 2 is 1.67 bits per heavy atom. The number of benzene rings is 4. The van der Waals surface area contributed by atoms with Gasteiger partial charge < -0.3 is 0 Å². The molecule has 1 aliphatic rings. The van der Waals surface area contributed by atoms with E-state index in [2.05, 4.69) is 22.7 Å². The first-order valence-electron chi connectivity index (χ1n) is 11.2. The maximum atomic E-state index is 13.4. The van der Waals surface area contributed by atoms with Crippen molar-refractivity contribution in [2.24, 2.45) is 5.10 Å². The molecule has 0 radical (unpaired) electrons. The van der Waals surface area contributed by atoms with Crippen LogP contribution in [0.4, 0.5) is 5.69 Å². The van der Waals surface area contributed by atoms with Gasteiger partial charge in [0.2, 0.25) is 0 Å². The molecule has 5 rings (SSSR count). The van der Waals surface area contributed by atoms with Crippen molar-refractivity contribution >= 4 is 61.8 Å². The minimum atomic E-state index is -4.07. The van der Waals surface area contributed by atoms with Gasteiger partial charge in [0.25, 0.3) is 15.9 Å². The van der Waals surface area contributed by atoms with E-state index in [1.807, 2.05) is 18.2 Å². The van der Waals surface area contributed by atoms with E-state index in [0.29, 0.717) is 0 Å². The zero-order valence-corrected chi connectivity index (χ0v) is 21.3. The lowest BCUT2D eigenvalue weighted by Gasteiger charge is -2.24. The van der Waals surface area contributed by atoms with Crippen LogP contribution in [0.25, 0.3) is 10.8 Å². The summed E-state index contributed by atoms with van der Waals surface area (Å²) < 4.78 is 27.8. The van der Waals surface area contributed by atoms with E-state index < -0.39 is 22.5 Å². The molecule has 0 aliphatic heterocycles. The van der Waals surface area contributed by atoms with Crippen molar-refractivity contribution in [2.45, 2.75) is 17.7 Å². The molecule has 1 N–H and O–H groups in total. The van der Waals surface area contributed by atoms with Crippen molar-refractivity contribution in [1.29, 1.82) is 0 Å². The first kappa shape index (κ1) is 24.3. The number of hydrazone groups is 1. The van der Waals surface area contributed by atoms with Crippen LogP contribution in [0.1, 0.15) is 16.7 Å². The number of sulfonamides is 1. The molecule has 0 unspecified atom stereocenters. The number of halogens is 2. The van der Waals surface area contributed by atoms with E-state index in [0.717, 1.165) is 28.1 Å². The van der Waals surface area contributed by atoms with Gasteiger partial charge in [0.15, 0.2) is 0 Å². The van der Waals surface area contributed by atoms with Gasteiger partial charge in [-0.3, -0.25) is 9.10 Å². The molecular weight excluding hydrogens is 517 g/mol. The van der Waals surface area contributed by atoms with Crippen molar-refractivity contribution in [3.63, 3.8) is 0 Å². The molecule has 6 nitrogen and oxygen atoms in total. The minimum absolute atomic E-state index is 0.0419. The number of nitrogens with zero attached hydrogens (tertiary/aromatic N) is 2. The summed E-state index contributed by atoms with van der Waals surface area (Å²) in [6.45, 7) is -0.504. The van der Waals surface area contributed by atoms with Gasteiger partial charge >= 0.3 is 0 Å². The molecule has 1 aliphatic carbocycles. The lowest BCUT2D eigenvalue weighted by molar-refractivity contribution is -0.119. The second kappa shape index (κ2) is 9.93. The molecule has 4 aromatic carbocycles. The third kappa shape index (κ3) is 4.69. The molecule has 1 amide bonds. The molecule has 0 fully saturated rings. The third-order valence-corrected chi connectivity index (χ3v) is 8.64. The van der Waals surface area contributed by atoms with E-state index in [4.69, 9.17) is 23.2 Å². The van der Waals surface area contributed by atoms with Crippen molar-refractivity contribution in [2.75, 3.05) is 10.8 Å². The molecule has 0 saturated heterocycles. The summed E-state index contributed by atoms with van der Waals surface area (Å²) in [5.41, 5.74) is 6.16. The Hall–Kier alpha value is -3.39. The van der Waals surface area contributed by atoms with Crippen LogP contribution in [0.2, 0.25) is 10.0 Å². The normalized spacial score (nSPS) is 12.8. The van der Waals surface area contributed by atoms with Crippen molar-refractivity contribution in [3.8, 4) is 0 Å². The van der Waals surface area contributed by atoms with E-state index in [1.54, 1.807) is 24.4 Å². The van der Waals surface area contributed by atoms with Gasteiger partial charge in [-0.1, -0.05) is 71.7 Å². The highest BCUT2D eigenvalue weighted by Crippen LogP contribution is 2.32. The van der Waals surface area contributed by atoms with Gasteiger partial charge in [-0.2, -0.15) is 5.10 Å². The molecular formula is C27H21Cl2N3O3S. The average Bonchev–Trinajstić information content (AvgIpc) is 3.31. The molecule has 182 valence electrons. The fourth-order valence-electron chi connectivity index (χ4n) is 4.40. The molecule has 36 heavy (non-hydrogen) atoms. The molecule has 4 aromatic rings. The summed E-state index contributed by atoms with van der Waals surface area (Å²) in [7, 11) is -4.07. The molecule has 0 saturated carbocycles. The van der Waals surface area contributed by atoms with Gasteiger partial charge in [-0.05, 0) is 65.1 Å². The fourth-order valence-corrected chi connectivity index (χ4v) is 6.12. The number of hydrogen-bond acceptors (Lipinski definition) is 4. The van der Waals surface area contributed by atoms with Gasteiger partial charge in [0, 0.05) is 5.56 Å². The third-order valence-electron chi connectivity index (χ3n) is 6.11. The highest BCUT2D eigenvalue weighted by Gasteiger charge is 2.27. The van der Waals surface area contributed by atoms with Crippen LogP contribution in [-0.2, 0) is 27.7 Å². The van der Waals surface area contributed by atoms with Crippen molar-refractivity contribution in [1.82, 2.24) is 5.43 Å². The second-order valence-electron chi connectivity index (χ2n) is 8.37. The van der Waals surface area contributed by atoms with E-state index >= 15 is 0 Å². The van der Waals surface area contributed by atoms with Gasteiger partial charge in [-0.25, -0.2) is 13.8 Å². The SMILES string of the molecule is O=C(CN(c1ccc(Cl)c(Cl)c1)S(=O)(=O)c1ccccc1)N/N=C\c1ccc2c3c(cccc13)CC2. The highest BCUT2D eigenvalue weighted by atomic mass is 35.5. The first-order chi connectivity index (χ1) is 17.3. The standard InChI is InChI=1S/C27H21Cl2N3O3S/c28-24-14-13-21(15-25(24)29)32(36(34,35)22-6-2-1-3-7-22)17-26(33)31-30-16-20-12-11-19-10-9-18-5-4-8-23(20)27(18)19/h1-8,11-16H,9-10,17H2,(H,31,33)/b30-16-. The van der Waals surface area contributed by atoms with Crippen LogP contribution in [0.15, 0.2) is 88.9 Å². The van der Waals surface area contributed by atoms with Crippen LogP contribution < -0.4 is 9.73 Å². The average molecular weight is 538 g/mol. The summed E-state index contributed by atoms with van der Waals surface area (Å²) in [6.07, 6.45) is 3.61. The van der Waals surface area contributed by atoms with Crippen molar-refractivity contribution < 1.29 is 13.2 Å². The van der Waals surface area contributed by atoms with E-state index in [1.165, 1.54) is 46.8 Å². The van der Waals surface area contributed by atoms with Gasteiger partial charge in [-0.15, -0.1) is 0 Å². The number of amides is 1. The summed E-state index contributed by atoms with van der Waals surface area (Å²) in [6, 6.07) is 22.5. The van der Waals surface area contributed by atoms with Crippen LogP contribution in [0, 0.1) is 0 Å². The quantitative estimate of drug-likeness (QED) is 0.246.